The lowest BCUT2D eigenvalue weighted by Gasteiger charge is -2.10. The van der Waals surface area contributed by atoms with E-state index in [9.17, 15) is 0 Å². The minimum absolute atomic E-state index is 0.167. The minimum atomic E-state index is -0.167. The van der Waals surface area contributed by atoms with Crippen molar-refractivity contribution in [1.29, 1.82) is 0 Å². The summed E-state index contributed by atoms with van der Waals surface area (Å²) in [4.78, 5) is 0. The molecule has 0 aliphatic carbocycles. The Morgan fingerprint density at radius 2 is 1.71 bits per heavy atom. The fourth-order valence-electron chi connectivity index (χ4n) is 1.17. The van der Waals surface area contributed by atoms with E-state index in [1.807, 2.05) is 19.1 Å². The van der Waals surface area contributed by atoms with Crippen molar-refractivity contribution in [2.45, 2.75) is 32.8 Å². The Balaban J connectivity index is 2.70. The largest absolute Gasteiger partial charge is 0.478 e. The predicted molar refractivity (Wildman–Crippen MR) is 59.5 cm³/mol. The Morgan fingerprint density at radius 3 is 2.14 bits per heavy atom. The monoisotopic (exact) mass is 188 g/mol. The molecule has 0 heterocycles. The van der Waals surface area contributed by atoms with Crippen molar-refractivity contribution < 1.29 is 4.74 Å². The summed E-state index contributed by atoms with van der Waals surface area (Å²) in [5, 5.41) is 0. The number of hydrogen-bond acceptors (Lipinski definition) is 1. The van der Waals surface area contributed by atoms with Gasteiger partial charge in [0.05, 0.1) is 0 Å². The molecule has 0 spiro atoms. The van der Waals surface area contributed by atoms with Gasteiger partial charge in [0.2, 0.25) is 0 Å². The summed E-state index contributed by atoms with van der Waals surface area (Å²) < 4.78 is 5.46. The van der Waals surface area contributed by atoms with Crippen LogP contribution in [0, 0.1) is 12.3 Å². The normalized spacial score (nSPS) is 12.2. The molecule has 0 N–H and O–H groups in total. The van der Waals surface area contributed by atoms with Crippen molar-refractivity contribution in [3.8, 4) is 18.1 Å². The molecule has 1 aromatic carbocycles. The van der Waals surface area contributed by atoms with Crippen LogP contribution in [0.3, 0.4) is 0 Å². The Labute approximate surface area is 86.1 Å². The molecule has 0 bridgehead atoms. The summed E-state index contributed by atoms with van der Waals surface area (Å²) >= 11 is 0. The highest BCUT2D eigenvalue weighted by molar-refractivity contribution is 5.29. The zero-order valence-electron chi connectivity index (χ0n) is 8.95. The van der Waals surface area contributed by atoms with Crippen molar-refractivity contribution in [2.75, 3.05) is 0 Å². The van der Waals surface area contributed by atoms with E-state index in [1.54, 1.807) is 0 Å². The van der Waals surface area contributed by atoms with Crippen LogP contribution in [0.1, 0.15) is 32.3 Å². The van der Waals surface area contributed by atoms with Crippen LogP contribution in [-0.4, -0.2) is 6.10 Å². The maximum absolute atomic E-state index is 5.46. The van der Waals surface area contributed by atoms with Crippen LogP contribution in [0.4, 0.5) is 0 Å². The third kappa shape index (κ3) is 2.81. The molecule has 1 rings (SSSR count). The van der Waals surface area contributed by atoms with E-state index in [0.717, 1.165) is 5.75 Å². The van der Waals surface area contributed by atoms with E-state index >= 15 is 0 Å². The Hall–Kier alpha value is -1.42. The third-order valence-electron chi connectivity index (χ3n) is 2.09. The molecule has 0 saturated carbocycles. The van der Waals surface area contributed by atoms with E-state index in [1.165, 1.54) is 5.56 Å². The quantitative estimate of drug-likeness (QED) is 0.662. The van der Waals surface area contributed by atoms with Gasteiger partial charge in [0, 0.05) is 0 Å². The lowest BCUT2D eigenvalue weighted by molar-refractivity contribution is 0.279. The molecule has 0 fully saturated rings. The fourth-order valence-corrected chi connectivity index (χ4v) is 1.17. The lowest BCUT2D eigenvalue weighted by Crippen LogP contribution is -2.07. The zero-order valence-corrected chi connectivity index (χ0v) is 8.95. The molecule has 1 nitrogen and oxygen atoms in total. The van der Waals surface area contributed by atoms with E-state index in [4.69, 9.17) is 11.2 Å². The van der Waals surface area contributed by atoms with Crippen molar-refractivity contribution in [2.24, 2.45) is 0 Å². The molecule has 0 aliphatic rings. The summed E-state index contributed by atoms with van der Waals surface area (Å²) in [6.45, 7) is 6.19. The van der Waals surface area contributed by atoms with Gasteiger partial charge in [0.25, 0.3) is 0 Å². The molecule has 1 heteroatoms. The van der Waals surface area contributed by atoms with Gasteiger partial charge in [-0.3, -0.25) is 0 Å². The molecule has 14 heavy (non-hydrogen) atoms. The summed E-state index contributed by atoms with van der Waals surface area (Å²) in [6.07, 6.45) is 5.06. The molecular formula is C13H16O. The smallest absolute Gasteiger partial charge is 0.156 e. The molecule has 0 radical (unpaired) electrons. The van der Waals surface area contributed by atoms with Gasteiger partial charge < -0.3 is 4.74 Å². The second kappa shape index (κ2) is 4.72. The van der Waals surface area contributed by atoms with Gasteiger partial charge >= 0.3 is 0 Å². The first-order valence-corrected chi connectivity index (χ1v) is 4.86. The van der Waals surface area contributed by atoms with E-state index < -0.39 is 0 Å². The Kier molecular flexibility index (Phi) is 3.59. The zero-order chi connectivity index (χ0) is 10.6. The molecule has 1 unspecified atom stereocenters. The maximum Gasteiger partial charge on any atom is 0.156 e. The molecule has 0 aliphatic heterocycles. The van der Waals surface area contributed by atoms with Crippen LogP contribution in [0.2, 0.25) is 0 Å². The lowest BCUT2D eigenvalue weighted by atomic mass is 10.0. The van der Waals surface area contributed by atoms with Crippen molar-refractivity contribution in [3.05, 3.63) is 29.8 Å². The Morgan fingerprint density at radius 1 is 1.14 bits per heavy atom. The maximum atomic E-state index is 5.46. The van der Waals surface area contributed by atoms with Gasteiger partial charge in [0.1, 0.15) is 5.75 Å². The second-order valence-electron chi connectivity index (χ2n) is 3.65. The SMILES string of the molecule is C#CC(C)Oc1ccc(C(C)C)cc1. The summed E-state index contributed by atoms with van der Waals surface area (Å²) in [5.41, 5.74) is 1.31. The predicted octanol–water partition coefficient (Wildman–Crippen LogP) is 3.21. The molecule has 0 aromatic heterocycles. The van der Waals surface area contributed by atoms with Crippen LogP contribution in [0.15, 0.2) is 24.3 Å². The second-order valence-corrected chi connectivity index (χ2v) is 3.65. The van der Waals surface area contributed by atoms with Crippen molar-refractivity contribution in [1.82, 2.24) is 0 Å². The topological polar surface area (TPSA) is 9.23 Å². The Bertz CT molecular complexity index is 316. The molecule has 0 saturated heterocycles. The third-order valence-corrected chi connectivity index (χ3v) is 2.09. The van der Waals surface area contributed by atoms with Crippen LogP contribution >= 0.6 is 0 Å². The minimum Gasteiger partial charge on any atom is -0.478 e. The standard InChI is InChI=1S/C13H16O/c1-5-11(4)14-13-8-6-12(7-9-13)10(2)3/h1,6-11H,2-4H3. The van der Waals surface area contributed by atoms with Gasteiger partial charge in [-0.15, -0.1) is 6.42 Å². The van der Waals surface area contributed by atoms with Gasteiger partial charge in [-0.05, 0) is 30.5 Å². The summed E-state index contributed by atoms with van der Waals surface area (Å²) in [6, 6.07) is 8.07. The molecule has 1 atom stereocenters. The average molecular weight is 188 g/mol. The van der Waals surface area contributed by atoms with Gasteiger partial charge in [-0.2, -0.15) is 0 Å². The first-order valence-electron chi connectivity index (χ1n) is 4.86. The van der Waals surface area contributed by atoms with Crippen LogP contribution in [0.25, 0.3) is 0 Å². The van der Waals surface area contributed by atoms with Gasteiger partial charge in [-0.1, -0.05) is 31.9 Å². The van der Waals surface area contributed by atoms with Crippen LogP contribution < -0.4 is 4.74 Å². The molecule has 74 valence electrons. The number of benzene rings is 1. The first kappa shape index (κ1) is 10.7. The van der Waals surface area contributed by atoms with Crippen LogP contribution in [0.5, 0.6) is 5.75 Å². The van der Waals surface area contributed by atoms with Crippen LogP contribution in [-0.2, 0) is 0 Å². The molecule has 0 amide bonds. The highest BCUT2D eigenvalue weighted by atomic mass is 16.5. The van der Waals surface area contributed by atoms with Crippen molar-refractivity contribution in [3.63, 3.8) is 0 Å². The molecular weight excluding hydrogens is 172 g/mol. The number of terminal acetylenes is 1. The van der Waals surface area contributed by atoms with E-state index in [0.29, 0.717) is 5.92 Å². The number of ether oxygens (including phenoxy) is 1. The van der Waals surface area contributed by atoms with Gasteiger partial charge in [-0.25, -0.2) is 0 Å². The van der Waals surface area contributed by atoms with Gasteiger partial charge in [0.15, 0.2) is 6.10 Å². The first-order chi connectivity index (χ1) is 6.63. The van der Waals surface area contributed by atoms with E-state index in [-0.39, 0.29) is 6.10 Å². The number of rotatable bonds is 3. The highest BCUT2D eigenvalue weighted by Gasteiger charge is 2.01. The number of hydrogen-bond donors (Lipinski definition) is 0. The highest BCUT2D eigenvalue weighted by Crippen LogP contribution is 2.19. The average Bonchev–Trinajstić information content (AvgIpc) is 2.18. The van der Waals surface area contributed by atoms with Crippen molar-refractivity contribution >= 4 is 0 Å². The van der Waals surface area contributed by atoms with E-state index in [2.05, 4.69) is 31.9 Å². The molecule has 1 aromatic rings. The fraction of sp³-hybridized carbons (Fsp3) is 0.385. The summed E-state index contributed by atoms with van der Waals surface area (Å²) in [7, 11) is 0. The summed E-state index contributed by atoms with van der Waals surface area (Å²) in [5.74, 6) is 3.91.